The van der Waals surface area contributed by atoms with Gasteiger partial charge in [-0.25, -0.2) is 0 Å². The zero-order chi connectivity index (χ0) is 21.3. The van der Waals surface area contributed by atoms with E-state index >= 15 is 0 Å². The summed E-state index contributed by atoms with van der Waals surface area (Å²) in [6.07, 6.45) is 1.66. The number of Topliss-reactive ketones (excluding diaryl/α,β-unsaturated/α-hetero) is 1. The highest BCUT2D eigenvalue weighted by Crippen LogP contribution is 2.27. The average Bonchev–Trinajstić information content (AvgIpc) is 3.44. The molecule has 0 aliphatic carbocycles. The molecule has 0 N–H and O–H groups in total. The first-order chi connectivity index (χ1) is 14.4. The van der Waals surface area contributed by atoms with Crippen molar-refractivity contribution in [3.63, 3.8) is 0 Å². The summed E-state index contributed by atoms with van der Waals surface area (Å²) in [6.45, 7) is 6.53. The van der Waals surface area contributed by atoms with Gasteiger partial charge in [0.15, 0.2) is 16.8 Å². The second kappa shape index (κ2) is 8.36. The predicted molar refractivity (Wildman–Crippen MR) is 118 cm³/mol. The van der Waals surface area contributed by atoms with E-state index in [0.717, 1.165) is 39.7 Å². The van der Waals surface area contributed by atoms with Crippen LogP contribution in [0.15, 0.2) is 58.3 Å². The monoisotopic (exact) mass is 420 g/mol. The van der Waals surface area contributed by atoms with Gasteiger partial charge in [-0.05, 0) is 45.0 Å². The third-order valence-corrected chi connectivity index (χ3v) is 6.26. The van der Waals surface area contributed by atoms with Crippen molar-refractivity contribution < 1.29 is 9.21 Å². The SMILES string of the molecule is Cc1cccc(-c2nnc(SCC(=O)c3cc(C)n(C)c3C)n2Cc2ccco2)c1. The molecular weight excluding hydrogens is 396 g/mol. The zero-order valence-corrected chi connectivity index (χ0v) is 18.4. The lowest BCUT2D eigenvalue weighted by molar-refractivity contribution is 0.102. The second-order valence-corrected chi connectivity index (χ2v) is 8.34. The standard InChI is InChI=1S/C23H24N4O2S/c1-15-7-5-8-18(11-15)22-24-25-23(27(22)13-19-9-6-10-29-19)30-14-21(28)20-12-16(2)26(4)17(20)3/h5-12H,13-14H2,1-4H3. The number of hydrogen-bond acceptors (Lipinski definition) is 5. The molecule has 0 bridgehead atoms. The van der Waals surface area contributed by atoms with Crippen LogP contribution in [0.1, 0.15) is 33.1 Å². The number of nitrogens with zero attached hydrogens (tertiary/aromatic N) is 4. The molecule has 0 saturated carbocycles. The normalized spacial score (nSPS) is 11.2. The molecule has 0 aliphatic rings. The Morgan fingerprint density at radius 2 is 1.93 bits per heavy atom. The van der Waals surface area contributed by atoms with Crippen LogP contribution in [0.2, 0.25) is 0 Å². The lowest BCUT2D eigenvalue weighted by Gasteiger charge is -2.09. The summed E-state index contributed by atoms with van der Waals surface area (Å²) >= 11 is 1.40. The number of carbonyl (C=O) groups excluding carboxylic acids is 1. The minimum absolute atomic E-state index is 0.0888. The summed E-state index contributed by atoms with van der Waals surface area (Å²) in [5.74, 6) is 1.96. The van der Waals surface area contributed by atoms with Crippen molar-refractivity contribution in [2.24, 2.45) is 7.05 Å². The van der Waals surface area contributed by atoms with Gasteiger partial charge in [0.05, 0.1) is 18.6 Å². The highest BCUT2D eigenvalue weighted by atomic mass is 32.2. The summed E-state index contributed by atoms with van der Waals surface area (Å²) in [4.78, 5) is 12.8. The number of rotatable bonds is 7. The van der Waals surface area contributed by atoms with Gasteiger partial charge in [0.25, 0.3) is 0 Å². The molecule has 0 spiro atoms. The van der Waals surface area contributed by atoms with Crippen molar-refractivity contribution in [3.05, 3.63) is 77.0 Å². The summed E-state index contributed by atoms with van der Waals surface area (Å²) in [5, 5.41) is 9.52. The molecule has 0 amide bonds. The molecule has 1 aromatic carbocycles. The number of aryl methyl sites for hydroxylation is 2. The third kappa shape index (κ3) is 3.98. The lowest BCUT2D eigenvalue weighted by Crippen LogP contribution is -2.07. The van der Waals surface area contributed by atoms with Gasteiger partial charge in [0.1, 0.15) is 5.76 Å². The van der Waals surface area contributed by atoms with Gasteiger partial charge in [-0.15, -0.1) is 10.2 Å². The summed E-state index contributed by atoms with van der Waals surface area (Å²) in [7, 11) is 1.97. The van der Waals surface area contributed by atoms with E-state index in [2.05, 4.69) is 29.3 Å². The maximum Gasteiger partial charge on any atom is 0.192 e. The van der Waals surface area contributed by atoms with E-state index in [4.69, 9.17) is 4.42 Å². The Balaban J connectivity index is 1.62. The molecule has 0 radical (unpaired) electrons. The van der Waals surface area contributed by atoms with E-state index in [9.17, 15) is 4.79 Å². The van der Waals surface area contributed by atoms with Gasteiger partial charge >= 0.3 is 0 Å². The third-order valence-electron chi connectivity index (χ3n) is 5.30. The highest BCUT2D eigenvalue weighted by Gasteiger charge is 2.19. The minimum atomic E-state index is 0.0888. The summed E-state index contributed by atoms with van der Waals surface area (Å²) in [5.41, 5.74) is 4.96. The Morgan fingerprint density at radius 1 is 1.10 bits per heavy atom. The van der Waals surface area contributed by atoms with Crippen molar-refractivity contribution >= 4 is 17.5 Å². The average molecular weight is 421 g/mol. The van der Waals surface area contributed by atoms with Gasteiger partial charge in [-0.3, -0.25) is 9.36 Å². The Morgan fingerprint density at radius 3 is 2.60 bits per heavy atom. The fourth-order valence-corrected chi connectivity index (χ4v) is 4.26. The quantitative estimate of drug-likeness (QED) is 0.317. The molecule has 30 heavy (non-hydrogen) atoms. The first-order valence-electron chi connectivity index (χ1n) is 9.75. The van der Waals surface area contributed by atoms with Crippen LogP contribution in [0.4, 0.5) is 0 Å². The minimum Gasteiger partial charge on any atom is -0.467 e. The Bertz CT molecular complexity index is 1190. The molecule has 0 aliphatic heterocycles. The van der Waals surface area contributed by atoms with Crippen molar-refractivity contribution in [1.82, 2.24) is 19.3 Å². The van der Waals surface area contributed by atoms with Gasteiger partial charge < -0.3 is 8.98 Å². The number of hydrogen-bond donors (Lipinski definition) is 0. The van der Waals surface area contributed by atoms with Crippen LogP contribution in [0, 0.1) is 20.8 Å². The second-order valence-electron chi connectivity index (χ2n) is 7.40. The molecule has 0 unspecified atom stereocenters. The molecule has 7 heteroatoms. The topological polar surface area (TPSA) is 65.8 Å². The molecule has 0 atom stereocenters. The predicted octanol–water partition coefficient (Wildman–Crippen LogP) is 4.83. The van der Waals surface area contributed by atoms with Gasteiger partial charge in [0, 0.05) is 29.6 Å². The Kier molecular flexibility index (Phi) is 5.63. The van der Waals surface area contributed by atoms with Crippen molar-refractivity contribution in [2.75, 3.05) is 5.75 Å². The van der Waals surface area contributed by atoms with Gasteiger partial charge in [-0.2, -0.15) is 0 Å². The van der Waals surface area contributed by atoms with Crippen LogP contribution in [0.5, 0.6) is 0 Å². The zero-order valence-electron chi connectivity index (χ0n) is 17.5. The van der Waals surface area contributed by atoms with Crippen molar-refractivity contribution in [1.29, 1.82) is 0 Å². The molecule has 4 rings (SSSR count). The summed E-state index contributed by atoms with van der Waals surface area (Å²) < 4.78 is 9.59. The van der Waals surface area contributed by atoms with Crippen LogP contribution in [-0.4, -0.2) is 30.9 Å². The van der Waals surface area contributed by atoms with Crippen LogP contribution < -0.4 is 0 Å². The fourth-order valence-electron chi connectivity index (χ4n) is 3.44. The Labute approximate surface area is 179 Å². The van der Waals surface area contributed by atoms with E-state index in [0.29, 0.717) is 17.5 Å². The number of carbonyl (C=O) groups is 1. The number of aromatic nitrogens is 4. The number of thioether (sulfide) groups is 1. The molecule has 6 nitrogen and oxygen atoms in total. The number of ketones is 1. The molecular formula is C23H24N4O2S. The van der Waals surface area contributed by atoms with E-state index in [1.54, 1.807) is 6.26 Å². The maximum absolute atomic E-state index is 12.8. The molecule has 0 fully saturated rings. The van der Waals surface area contributed by atoms with Crippen LogP contribution in [0.3, 0.4) is 0 Å². The molecule has 3 heterocycles. The first-order valence-corrected chi connectivity index (χ1v) is 10.7. The van der Waals surface area contributed by atoms with E-state index in [-0.39, 0.29) is 5.78 Å². The largest absolute Gasteiger partial charge is 0.467 e. The first kappa shape index (κ1) is 20.2. The Hall–Kier alpha value is -3.06. The number of furan rings is 1. The van der Waals surface area contributed by atoms with Gasteiger partial charge in [-0.1, -0.05) is 35.5 Å². The molecule has 0 saturated heterocycles. The molecule has 154 valence electrons. The molecule has 3 aromatic heterocycles. The van der Waals surface area contributed by atoms with E-state index < -0.39 is 0 Å². The smallest absolute Gasteiger partial charge is 0.192 e. The number of benzene rings is 1. The van der Waals surface area contributed by atoms with Crippen LogP contribution in [-0.2, 0) is 13.6 Å². The van der Waals surface area contributed by atoms with Crippen molar-refractivity contribution in [2.45, 2.75) is 32.5 Å². The molecule has 4 aromatic rings. The van der Waals surface area contributed by atoms with E-state index in [1.165, 1.54) is 11.8 Å². The van der Waals surface area contributed by atoms with Crippen molar-refractivity contribution in [3.8, 4) is 11.4 Å². The van der Waals surface area contributed by atoms with Crippen LogP contribution >= 0.6 is 11.8 Å². The lowest BCUT2D eigenvalue weighted by atomic mass is 10.1. The fraction of sp³-hybridized carbons (Fsp3) is 0.261. The summed E-state index contributed by atoms with van der Waals surface area (Å²) in [6, 6.07) is 13.9. The van der Waals surface area contributed by atoms with Gasteiger partial charge in [0.2, 0.25) is 0 Å². The van der Waals surface area contributed by atoms with E-state index in [1.807, 2.05) is 60.4 Å². The maximum atomic E-state index is 12.8. The highest BCUT2D eigenvalue weighted by molar-refractivity contribution is 7.99. The van der Waals surface area contributed by atoms with Crippen LogP contribution in [0.25, 0.3) is 11.4 Å².